The van der Waals surface area contributed by atoms with Crippen LogP contribution in [0.15, 0.2) is 36.4 Å². The van der Waals surface area contributed by atoms with Gasteiger partial charge in [0.05, 0.1) is 21.7 Å². The van der Waals surface area contributed by atoms with Crippen LogP contribution in [-0.2, 0) is 6.42 Å². The summed E-state index contributed by atoms with van der Waals surface area (Å²) in [4.78, 5) is 4.53. The number of rotatable bonds is 3. The molecule has 1 aromatic heterocycles. The lowest BCUT2D eigenvalue weighted by Gasteiger charge is -2.11. The Morgan fingerprint density at radius 1 is 1.10 bits per heavy atom. The van der Waals surface area contributed by atoms with Gasteiger partial charge in [0.25, 0.3) is 0 Å². The van der Waals surface area contributed by atoms with Crippen LogP contribution in [0.2, 0.25) is 10.0 Å². The minimum absolute atomic E-state index is 0.366. The van der Waals surface area contributed by atoms with Crippen LogP contribution in [0.5, 0.6) is 0 Å². The van der Waals surface area contributed by atoms with Gasteiger partial charge in [-0.15, -0.1) is 11.6 Å². The summed E-state index contributed by atoms with van der Waals surface area (Å²) >= 11 is 18.1. The fraction of sp³-hybridized carbons (Fsp3) is 0.133. The van der Waals surface area contributed by atoms with Crippen molar-refractivity contribution in [2.75, 3.05) is 5.88 Å². The number of fused-ring (bicyclic) bond motifs is 1. The number of aromatic nitrogens is 2. The molecule has 0 bridgehead atoms. The summed E-state index contributed by atoms with van der Waals surface area (Å²) in [5.41, 5.74) is 2.07. The van der Waals surface area contributed by atoms with E-state index < -0.39 is 0 Å². The van der Waals surface area contributed by atoms with Gasteiger partial charge in [-0.1, -0.05) is 23.2 Å². The van der Waals surface area contributed by atoms with Crippen molar-refractivity contribution >= 4 is 45.8 Å². The van der Waals surface area contributed by atoms with Gasteiger partial charge in [0, 0.05) is 17.3 Å². The van der Waals surface area contributed by atoms with Crippen molar-refractivity contribution in [1.82, 2.24) is 9.55 Å². The smallest absolute Gasteiger partial charge is 0.125 e. The van der Waals surface area contributed by atoms with Crippen molar-refractivity contribution < 1.29 is 4.39 Å². The third-order valence-corrected chi connectivity index (χ3v) is 3.90. The Bertz CT molecular complexity index is 814. The third kappa shape index (κ3) is 2.73. The Kier molecular flexibility index (Phi) is 4.07. The molecule has 0 N–H and O–H groups in total. The Morgan fingerprint density at radius 3 is 2.67 bits per heavy atom. The highest BCUT2D eigenvalue weighted by atomic mass is 35.5. The van der Waals surface area contributed by atoms with Crippen molar-refractivity contribution in [3.63, 3.8) is 0 Å². The molecule has 2 aromatic carbocycles. The van der Waals surface area contributed by atoms with Crippen LogP contribution in [0.3, 0.4) is 0 Å². The molecule has 2 nitrogen and oxygen atoms in total. The maximum atomic E-state index is 13.6. The van der Waals surface area contributed by atoms with Gasteiger partial charge in [0.2, 0.25) is 0 Å². The van der Waals surface area contributed by atoms with Crippen molar-refractivity contribution in [3.05, 3.63) is 58.1 Å². The minimum Gasteiger partial charge on any atom is -0.295 e. The number of aryl methyl sites for hydroxylation is 1. The Morgan fingerprint density at radius 2 is 1.90 bits per heavy atom. The second-order valence-electron chi connectivity index (χ2n) is 4.53. The fourth-order valence-electron chi connectivity index (χ4n) is 2.28. The maximum absolute atomic E-state index is 13.6. The SMILES string of the molecule is Fc1ccc(Cl)c(-n2c(CCCl)nc3ccc(Cl)cc32)c1. The van der Waals surface area contributed by atoms with E-state index in [0.717, 1.165) is 16.9 Å². The van der Waals surface area contributed by atoms with Gasteiger partial charge >= 0.3 is 0 Å². The molecular weight excluding hydrogens is 334 g/mol. The summed E-state index contributed by atoms with van der Waals surface area (Å²) in [6.45, 7) is 0. The third-order valence-electron chi connectivity index (χ3n) is 3.15. The Balaban J connectivity index is 2.35. The van der Waals surface area contributed by atoms with Gasteiger partial charge in [0.1, 0.15) is 11.6 Å². The number of halogens is 4. The van der Waals surface area contributed by atoms with E-state index >= 15 is 0 Å². The number of hydrogen-bond donors (Lipinski definition) is 0. The molecule has 0 fully saturated rings. The zero-order valence-electron chi connectivity index (χ0n) is 10.8. The molecular formula is C15H10Cl3FN2. The molecule has 0 atom stereocenters. The molecule has 108 valence electrons. The minimum atomic E-state index is -0.366. The van der Waals surface area contributed by atoms with E-state index in [2.05, 4.69) is 4.98 Å². The first kappa shape index (κ1) is 14.6. The first-order valence-electron chi connectivity index (χ1n) is 6.28. The average Bonchev–Trinajstić information content (AvgIpc) is 2.79. The highest BCUT2D eigenvalue weighted by Gasteiger charge is 2.15. The molecule has 21 heavy (non-hydrogen) atoms. The molecule has 0 aliphatic carbocycles. The summed E-state index contributed by atoms with van der Waals surface area (Å²) < 4.78 is 15.4. The van der Waals surface area contributed by atoms with Crippen molar-refractivity contribution in [3.8, 4) is 5.69 Å². The van der Waals surface area contributed by atoms with Crippen molar-refractivity contribution in [2.45, 2.75) is 6.42 Å². The number of nitrogens with zero attached hydrogens (tertiary/aromatic N) is 2. The first-order valence-corrected chi connectivity index (χ1v) is 7.57. The standard InChI is InChI=1S/C15H10Cl3FN2/c16-6-5-15-20-12-4-1-9(17)7-14(12)21(15)13-8-10(19)2-3-11(13)18/h1-4,7-8H,5-6H2. The largest absolute Gasteiger partial charge is 0.295 e. The van der Waals surface area contributed by atoms with Gasteiger partial charge in [-0.05, 0) is 36.4 Å². The van der Waals surface area contributed by atoms with Crippen LogP contribution in [0, 0.1) is 5.82 Å². The predicted molar refractivity (Wildman–Crippen MR) is 85.5 cm³/mol. The van der Waals surface area contributed by atoms with Gasteiger partial charge in [-0.25, -0.2) is 9.37 Å². The maximum Gasteiger partial charge on any atom is 0.125 e. The summed E-state index contributed by atoms with van der Waals surface area (Å²) in [5.74, 6) is 0.758. The number of benzene rings is 2. The van der Waals surface area contributed by atoms with E-state index in [9.17, 15) is 4.39 Å². The highest BCUT2D eigenvalue weighted by molar-refractivity contribution is 6.32. The van der Waals surface area contributed by atoms with Crippen molar-refractivity contribution in [1.29, 1.82) is 0 Å². The van der Waals surface area contributed by atoms with E-state index in [4.69, 9.17) is 34.8 Å². The number of hydrogen-bond acceptors (Lipinski definition) is 1. The van der Waals surface area contributed by atoms with E-state index in [1.165, 1.54) is 18.2 Å². The molecule has 0 radical (unpaired) electrons. The van der Waals surface area contributed by atoms with Crippen LogP contribution in [0.1, 0.15) is 5.82 Å². The van der Waals surface area contributed by atoms with Gasteiger partial charge in [-0.2, -0.15) is 0 Å². The highest BCUT2D eigenvalue weighted by Crippen LogP contribution is 2.29. The summed E-state index contributed by atoms with van der Waals surface area (Å²) in [7, 11) is 0. The van der Waals surface area contributed by atoms with Gasteiger partial charge < -0.3 is 0 Å². The molecule has 0 saturated heterocycles. The Hall–Kier alpha value is -1.29. The predicted octanol–water partition coefficient (Wildman–Crippen LogP) is 5.25. The van der Waals surface area contributed by atoms with Gasteiger partial charge in [-0.3, -0.25) is 4.57 Å². The molecule has 0 amide bonds. The first-order chi connectivity index (χ1) is 10.1. The van der Waals surface area contributed by atoms with Crippen LogP contribution >= 0.6 is 34.8 Å². The fourth-order valence-corrected chi connectivity index (χ4v) is 2.81. The van der Waals surface area contributed by atoms with Crippen molar-refractivity contribution in [2.24, 2.45) is 0 Å². The second-order valence-corrected chi connectivity index (χ2v) is 5.75. The van der Waals surface area contributed by atoms with E-state index in [0.29, 0.717) is 28.0 Å². The molecule has 0 unspecified atom stereocenters. The molecule has 0 aliphatic rings. The molecule has 1 heterocycles. The van der Waals surface area contributed by atoms with Crippen LogP contribution in [0.4, 0.5) is 4.39 Å². The van der Waals surface area contributed by atoms with Crippen LogP contribution in [-0.4, -0.2) is 15.4 Å². The molecule has 0 spiro atoms. The van der Waals surface area contributed by atoms with E-state index in [1.54, 1.807) is 16.7 Å². The molecule has 0 saturated carbocycles. The number of imidazole rings is 1. The summed E-state index contributed by atoms with van der Waals surface area (Å²) in [6, 6.07) is 9.58. The van der Waals surface area contributed by atoms with E-state index in [1.807, 2.05) is 6.07 Å². The normalized spacial score (nSPS) is 11.2. The topological polar surface area (TPSA) is 17.8 Å². The lowest BCUT2D eigenvalue weighted by Crippen LogP contribution is -2.03. The van der Waals surface area contributed by atoms with Gasteiger partial charge in [0.15, 0.2) is 0 Å². The zero-order valence-corrected chi connectivity index (χ0v) is 13.1. The lowest BCUT2D eigenvalue weighted by molar-refractivity contribution is 0.626. The monoisotopic (exact) mass is 342 g/mol. The van der Waals surface area contributed by atoms with E-state index in [-0.39, 0.29) is 5.82 Å². The molecule has 3 rings (SSSR count). The molecule has 3 aromatic rings. The lowest BCUT2D eigenvalue weighted by atomic mass is 10.2. The zero-order chi connectivity index (χ0) is 15.0. The number of alkyl halides is 1. The van der Waals surface area contributed by atoms with Crippen LogP contribution in [0.25, 0.3) is 16.7 Å². The second kappa shape index (κ2) is 5.84. The van der Waals surface area contributed by atoms with Crippen LogP contribution < -0.4 is 0 Å². The molecule has 0 aliphatic heterocycles. The quantitative estimate of drug-likeness (QED) is 0.594. The summed E-state index contributed by atoms with van der Waals surface area (Å²) in [5, 5.41) is 1.01. The average molecular weight is 344 g/mol. The Labute approximate surface area is 136 Å². The summed E-state index contributed by atoms with van der Waals surface area (Å²) in [6.07, 6.45) is 0.542. The molecule has 6 heteroatoms.